The second-order valence-corrected chi connectivity index (χ2v) is 3.86. The summed E-state index contributed by atoms with van der Waals surface area (Å²) in [6, 6.07) is 3.50. The Morgan fingerprint density at radius 3 is 2.87 bits per heavy atom. The number of rotatable bonds is 2. The van der Waals surface area contributed by atoms with Crippen molar-refractivity contribution in [1.82, 2.24) is 14.6 Å². The van der Waals surface area contributed by atoms with Gasteiger partial charge < -0.3 is 9.84 Å². The highest BCUT2D eigenvalue weighted by atomic mass is 79.9. The molecule has 0 fully saturated rings. The number of hydrogen-bond donors (Lipinski definition) is 1. The number of hydrogen-bond acceptors (Lipinski definition) is 4. The number of ether oxygens (including phenoxy) is 1. The Kier molecular flexibility index (Phi) is 2.62. The van der Waals surface area contributed by atoms with Crippen LogP contribution >= 0.6 is 15.9 Å². The predicted octanol–water partition coefficient (Wildman–Crippen LogP) is 1.55. The maximum Gasteiger partial charge on any atom is 0.231 e. The third-order valence-corrected chi connectivity index (χ3v) is 2.77. The Morgan fingerprint density at radius 1 is 1.53 bits per heavy atom. The average molecular weight is 272 g/mol. The standard InChI is InChI=1S/C9H10BrN3O2/c1-5(14)8-9(10)13-6(11-8)3-4-7(12-13)15-2/h3-5,14H,1-2H3. The lowest BCUT2D eigenvalue weighted by Gasteiger charge is -2.00. The molecule has 1 N–H and O–H groups in total. The number of aliphatic hydroxyl groups excluding tert-OH is 1. The summed E-state index contributed by atoms with van der Waals surface area (Å²) >= 11 is 3.34. The molecule has 0 aliphatic heterocycles. The molecule has 0 bridgehead atoms. The molecular formula is C9H10BrN3O2. The number of imidazole rings is 1. The summed E-state index contributed by atoms with van der Waals surface area (Å²) in [4.78, 5) is 4.24. The minimum Gasteiger partial charge on any atom is -0.480 e. The smallest absolute Gasteiger partial charge is 0.231 e. The molecule has 1 atom stereocenters. The third kappa shape index (κ3) is 1.70. The zero-order valence-electron chi connectivity index (χ0n) is 8.31. The second-order valence-electron chi connectivity index (χ2n) is 3.11. The van der Waals surface area contributed by atoms with Crippen molar-refractivity contribution < 1.29 is 9.84 Å². The number of methoxy groups -OCH3 is 1. The Morgan fingerprint density at radius 2 is 2.27 bits per heavy atom. The lowest BCUT2D eigenvalue weighted by atomic mass is 10.3. The molecular weight excluding hydrogens is 262 g/mol. The van der Waals surface area contributed by atoms with Gasteiger partial charge in [0, 0.05) is 6.07 Å². The first kappa shape index (κ1) is 10.4. The Labute approximate surface area is 94.8 Å². The summed E-state index contributed by atoms with van der Waals surface area (Å²) in [5, 5.41) is 13.6. The van der Waals surface area contributed by atoms with Gasteiger partial charge in [0.25, 0.3) is 0 Å². The quantitative estimate of drug-likeness (QED) is 0.901. The SMILES string of the molecule is COc1ccc2nc(C(C)O)c(Br)n2n1. The fraction of sp³-hybridized carbons (Fsp3) is 0.333. The lowest BCUT2D eigenvalue weighted by molar-refractivity contribution is 0.194. The summed E-state index contributed by atoms with van der Waals surface area (Å²) in [6.07, 6.45) is -0.632. The van der Waals surface area contributed by atoms with Crippen molar-refractivity contribution in [3.05, 3.63) is 22.4 Å². The van der Waals surface area contributed by atoms with Crippen LogP contribution in [0, 0.1) is 0 Å². The van der Waals surface area contributed by atoms with Crippen LogP contribution in [0.4, 0.5) is 0 Å². The maximum absolute atomic E-state index is 9.47. The predicted molar refractivity (Wildman–Crippen MR) is 57.9 cm³/mol. The number of nitrogens with zero attached hydrogens (tertiary/aromatic N) is 3. The van der Waals surface area contributed by atoms with Crippen LogP contribution < -0.4 is 4.74 Å². The van der Waals surface area contributed by atoms with Crippen LogP contribution in [0.15, 0.2) is 16.7 Å². The van der Waals surface area contributed by atoms with E-state index in [1.165, 1.54) is 0 Å². The highest BCUT2D eigenvalue weighted by Gasteiger charge is 2.15. The Balaban J connectivity index is 2.66. The van der Waals surface area contributed by atoms with Crippen molar-refractivity contribution in [3.8, 4) is 5.88 Å². The molecule has 0 aliphatic carbocycles. The highest BCUT2D eigenvalue weighted by Crippen LogP contribution is 2.24. The van der Waals surface area contributed by atoms with E-state index < -0.39 is 6.10 Å². The van der Waals surface area contributed by atoms with Gasteiger partial charge in [0.2, 0.25) is 5.88 Å². The summed E-state index contributed by atoms with van der Waals surface area (Å²) in [5.74, 6) is 0.498. The van der Waals surface area contributed by atoms with E-state index in [-0.39, 0.29) is 0 Å². The van der Waals surface area contributed by atoms with Crippen LogP contribution in [0.1, 0.15) is 18.7 Å². The molecule has 80 valence electrons. The van der Waals surface area contributed by atoms with Gasteiger partial charge in [-0.15, -0.1) is 5.10 Å². The van der Waals surface area contributed by atoms with Crippen molar-refractivity contribution >= 4 is 21.6 Å². The molecule has 0 aliphatic rings. The largest absolute Gasteiger partial charge is 0.480 e. The summed E-state index contributed by atoms with van der Waals surface area (Å²) in [7, 11) is 1.55. The summed E-state index contributed by atoms with van der Waals surface area (Å²) < 4.78 is 7.23. The van der Waals surface area contributed by atoms with Gasteiger partial charge in [0.15, 0.2) is 5.65 Å². The Hall–Kier alpha value is -1.14. The number of aliphatic hydroxyl groups is 1. The first-order valence-corrected chi connectivity index (χ1v) is 5.20. The zero-order chi connectivity index (χ0) is 11.0. The van der Waals surface area contributed by atoms with Gasteiger partial charge in [-0.25, -0.2) is 9.50 Å². The molecule has 2 aromatic heterocycles. The van der Waals surface area contributed by atoms with E-state index >= 15 is 0 Å². The van der Waals surface area contributed by atoms with Crippen LogP contribution in [0.5, 0.6) is 5.88 Å². The molecule has 0 saturated carbocycles. The molecule has 0 radical (unpaired) electrons. The first-order valence-electron chi connectivity index (χ1n) is 4.40. The summed E-state index contributed by atoms with van der Waals surface area (Å²) in [5.41, 5.74) is 1.23. The molecule has 2 aromatic rings. The maximum atomic E-state index is 9.47. The molecule has 2 heterocycles. The molecule has 2 rings (SSSR count). The van der Waals surface area contributed by atoms with Crippen LogP contribution in [-0.2, 0) is 0 Å². The number of fused-ring (bicyclic) bond motifs is 1. The average Bonchev–Trinajstić information content (AvgIpc) is 2.56. The van der Waals surface area contributed by atoms with Gasteiger partial charge >= 0.3 is 0 Å². The van der Waals surface area contributed by atoms with Gasteiger partial charge in [-0.05, 0) is 28.9 Å². The van der Waals surface area contributed by atoms with Gasteiger partial charge in [-0.1, -0.05) is 0 Å². The highest BCUT2D eigenvalue weighted by molar-refractivity contribution is 9.10. The van der Waals surface area contributed by atoms with Gasteiger partial charge in [-0.2, -0.15) is 0 Å². The van der Waals surface area contributed by atoms with Crippen LogP contribution in [0.2, 0.25) is 0 Å². The molecule has 6 heteroatoms. The van der Waals surface area contributed by atoms with E-state index in [1.807, 2.05) is 0 Å². The van der Waals surface area contributed by atoms with Gasteiger partial charge in [-0.3, -0.25) is 0 Å². The van der Waals surface area contributed by atoms with Crippen molar-refractivity contribution in [2.45, 2.75) is 13.0 Å². The molecule has 1 unspecified atom stereocenters. The van der Waals surface area contributed by atoms with Crippen LogP contribution in [0.3, 0.4) is 0 Å². The van der Waals surface area contributed by atoms with E-state index in [0.29, 0.717) is 21.8 Å². The molecule has 0 amide bonds. The Bertz CT molecular complexity index is 495. The van der Waals surface area contributed by atoms with Crippen molar-refractivity contribution in [1.29, 1.82) is 0 Å². The minimum atomic E-state index is -0.632. The fourth-order valence-electron chi connectivity index (χ4n) is 1.28. The van der Waals surface area contributed by atoms with Gasteiger partial charge in [0.1, 0.15) is 10.3 Å². The summed E-state index contributed by atoms with van der Waals surface area (Å²) in [6.45, 7) is 1.66. The van der Waals surface area contributed by atoms with E-state index in [9.17, 15) is 5.11 Å². The lowest BCUT2D eigenvalue weighted by Crippen LogP contribution is -1.96. The molecule has 15 heavy (non-hydrogen) atoms. The second kappa shape index (κ2) is 3.79. The third-order valence-electron chi connectivity index (χ3n) is 2.03. The van der Waals surface area contributed by atoms with Crippen LogP contribution in [0.25, 0.3) is 5.65 Å². The number of aromatic nitrogens is 3. The van der Waals surface area contributed by atoms with Gasteiger partial charge in [0.05, 0.1) is 13.2 Å². The molecule has 0 aromatic carbocycles. The normalized spacial score (nSPS) is 13.1. The fourth-order valence-corrected chi connectivity index (χ4v) is 1.96. The minimum absolute atomic E-state index is 0.498. The number of halogens is 1. The zero-order valence-corrected chi connectivity index (χ0v) is 9.89. The van der Waals surface area contributed by atoms with E-state index in [1.54, 1.807) is 30.7 Å². The molecule has 5 nitrogen and oxygen atoms in total. The van der Waals surface area contributed by atoms with Crippen molar-refractivity contribution in [2.75, 3.05) is 7.11 Å². The first-order chi connectivity index (χ1) is 7.13. The van der Waals surface area contributed by atoms with E-state index in [0.717, 1.165) is 0 Å². The van der Waals surface area contributed by atoms with Crippen molar-refractivity contribution in [2.24, 2.45) is 0 Å². The molecule has 0 spiro atoms. The van der Waals surface area contributed by atoms with E-state index in [4.69, 9.17) is 4.74 Å². The monoisotopic (exact) mass is 271 g/mol. The van der Waals surface area contributed by atoms with Crippen LogP contribution in [-0.4, -0.2) is 26.8 Å². The van der Waals surface area contributed by atoms with Crippen molar-refractivity contribution in [3.63, 3.8) is 0 Å². The molecule has 0 saturated heterocycles. The topological polar surface area (TPSA) is 59.7 Å². The van der Waals surface area contributed by atoms with E-state index in [2.05, 4.69) is 26.0 Å².